The molecule has 0 atom stereocenters. The molecule has 0 bridgehead atoms. The van der Waals surface area contributed by atoms with E-state index in [0.717, 1.165) is 10.7 Å². The van der Waals surface area contributed by atoms with E-state index in [1.165, 1.54) is 10.4 Å². The van der Waals surface area contributed by atoms with E-state index >= 15 is 0 Å². The van der Waals surface area contributed by atoms with E-state index in [2.05, 4.69) is 113 Å². The van der Waals surface area contributed by atoms with Gasteiger partial charge in [-0.3, -0.25) is 0 Å². The van der Waals surface area contributed by atoms with Gasteiger partial charge in [0.25, 0.3) is 8.32 Å². The molecule has 0 aliphatic heterocycles. The van der Waals surface area contributed by atoms with Gasteiger partial charge in [-0.15, -0.1) is 0 Å². The maximum Gasteiger partial charge on any atom is 0.261 e. The highest BCUT2D eigenvalue weighted by molar-refractivity contribution is 9.09. The first-order valence-electron chi connectivity index (χ1n) is 7.86. The third-order valence-electron chi connectivity index (χ3n) is 4.10. The summed E-state index contributed by atoms with van der Waals surface area (Å²) >= 11 is 7.22. The smallest absolute Gasteiger partial charge is 0.261 e. The summed E-state index contributed by atoms with van der Waals surface area (Å²) in [5, 5.41) is 4.32. The fraction of sp³-hybridized carbons (Fsp3) is 0.368. The van der Waals surface area contributed by atoms with Crippen molar-refractivity contribution in [1.82, 2.24) is 0 Å². The maximum absolute atomic E-state index is 6.92. The van der Waals surface area contributed by atoms with E-state index in [0.29, 0.717) is 0 Å². The second-order valence-electron chi connectivity index (χ2n) is 6.71. The van der Waals surface area contributed by atoms with Gasteiger partial charge in [0.1, 0.15) is 0 Å². The topological polar surface area (TPSA) is 9.23 Å². The second kappa shape index (κ2) is 8.10. The van der Waals surface area contributed by atoms with Crippen LogP contribution >= 0.6 is 31.9 Å². The Morgan fingerprint density at radius 1 is 0.826 bits per heavy atom. The van der Waals surface area contributed by atoms with Crippen LogP contribution in [0.4, 0.5) is 0 Å². The Morgan fingerprint density at radius 3 is 1.52 bits per heavy atom. The average molecular weight is 456 g/mol. The molecule has 0 aliphatic carbocycles. The Balaban J connectivity index is 2.69. The lowest BCUT2D eigenvalue weighted by Gasteiger charge is -2.44. The van der Waals surface area contributed by atoms with Crippen molar-refractivity contribution in [2.45, 2.75) is 31.9 Å². The summed E-state index contributed by atoms with van der Waals surface area (Å²) in [7, 11) is -2.41. The second-order valence-corrected chi connectivity index (χ2v) is 12.3. The van der Waals surface area contributed by atoms with Crippen LogP contribution in [-0.4, -0.2) is 25.1 Å². The van der Waals surface area contributed by atoms with Crippen LogP contribution in [0.2, 0.25) is 5.04 Å². The van der Waals surface area contributed by atoms with Gasteiger partial charge in [-0.05, 0) is 15.4 Å². The van der Waals surface area contributed by atoms with E-state index in [1.54, 1.807) is 0 Å². The molecule has 0 aromatic heterocycles. The quantitative estimate of drug-likeness (QED) is 0.452. The monoisotopic (exact) mass is 454 g/mol. The highest BCUT2D eigenvalue weighted by Crippen LogP contribution is 2.37. The Kier molecular flexibility index (Phi) is 6.66. The van der Waals surface area contributed by atoms with Gasteiger partial charge >= 0.3 is 0 Å². The number of hydrogen-bond donors (Lipinski definition) is 0. The van der Waals surface area contributed by atoms with Gasteiger partial charge in [-0.2, -0.15) is 0 Å². The van der Waals surface area contributed by atoms with Crippen molar-refractivity contribution in [3.8, 4) is 0 Å². The molecule has 0 spiro atoms. The number of rotatable bonds is 6. The molecule has 2 aromatic rings. The van der Waals surface area contributed by atoms with E-state index < -0.39 is 8.32 Å². The highest BCUT2D eigenvalue weighted by atomic mass is 79.9. The minimum Gasteiger partial charge on any atom is -0.403 e. The van der Waals surface area contributed by atoms with Gasteiger partial charge in [0.05, 0.1) is 6.10 Å². The predicted octanol–water partition coefficient (Wildman–Crippen LogP) is 4.72. The zero-order valence-corrected chi connectivity index (χ0v) is 18.1. The molecule has 1 nitrogen and oxygen atoms in total. The van der Waals surface area contributed by atoms with Crippen molar-refractivity contribution < 1.29 is 4.43 Å². The molecular formula is C19H24Br2OSi. The molecular weight excluding hydrogens is 432 g/mol. The summed E-state index contributed by atoms with van der Waals surface area (Å²) in [5.41, 5.74) is 0. The van der Waals surface area contributed by atoms with Crippen molar-refractivity contribution in [3.05, 3.63) is 60.7 Å². The fourth-order valence-electron chi connectivity index (χ4n) is 3.05. The van der Waals surface area contributed by atoms with Crippen LogP contribution in [0.5, 0.6) is 0 Å². The third kappa shape index (κ3) is 3.98. The molecule has 0 saturated carbocycles. The fourth-order valence-corrected chi connectivity index (χ4v) is 9.55. The summed E-state index contributed by atoms with van der Waals surface area (Å²) in [4.78, 5) is 0. The van der Waals surface area contributed by atoms with Gasteiger partial charge in [-0.1, -0.05) is 113 Å². The Labute approximate surface area is 157 Å². The maximum atomic E-state index is 6.92. The lowest BCUT2D eigenvalue weighted by molar-refractivity contribution is 0.237. The summed E-state index contributed by atoms with van der Waals surface area (Å²) in [6.45, 7) is 6.91. The van der Waals surface area contributed by atoms with Gasteiger partial charge in [0.15, 0.2) is 0 Å². The Bertz CT molecular complexity index is 552. The van der Waals surface area contributed by atoms with Crippen LogP contribution in [0.15, 0.2) is 60.7 Å². The molecule has 124 valence electrons. The van der Waals surface area contributed by atoms with E-state index in [4.69, 9.17) is 4.43 Å². The van der Waals surface area contributed by atoms with Crippen LogP contribution in [0.3, 0.4) is 0 Å². The minimum absolute atomic E-state index is 0.0261. The third-order valence-corrected chi connectivity index (χ3v) is 10.6. The number of hydrogen-bond acceptors (Lipinski definition) is 1. The number of benzene rings is 2. The summed E-state index contributed by atoms with van der Waals surface area (Å²) in [6.07, 6.45) is 0.140. The van der Waals surface area contributed by atoms with Gasteiger partial charge in [0.2, 0.25) is 0 Å². The molecule has 23 heavy (non-hydrogen) atoms. The van der Waals surface area contributed by atoms with Crippen LogP contribution in [0.1, 0.15) is 20.8 Å². The normalized spacial score (nSPS) is 12.6. The lowest BCUT2D eigenvalue weighted by Crippen LogP contribution is -2.68. The number of halogens is 2. The molecule has 0 aliphatic rings. The van der Waals surface area contributed by atoms with Crippen LogP contribution in [0, 0.1) is 0 Å². The minimum atomic E-state index is -2.41. The molecule has 0 amide bonds. The molecule has 2 aromatic carbocycles. The van der Waals surface area contributed by atoms with Crippen molar-refractivity contribution in [2.75, 3.05) is 10.7 Å². The summed E-state index contributed by atoms with van der Waals surface area (Å²) < 4.78 is 6.92. The molecule has 4 heteroatoms. The molecule has 0 unspecified atom stereocenters. The zero-order valence-electron chi connectivity index (χ0n) is 13.9. The largest absolute Gasteiger partial charge is 0.403 e. The highest BCUT2D eigenvalue weighted by Gasteiger charge is 2.51. The molecule has 2 rings (SSSR count). The Morgan fingerprint density at radius 2 is 1.22 bits per heavy atom. The molecule has 0 fully saturated rings. The molecule has 0 N–H and O–H groups in total. The van der Waals surface area contributed by atoms with E-state index in [9.17, 15) is 0 Å². The van der Waals surface area contributed by atoms with Crippen LogP contribution in [0.25, 0.3) is 0 Å². The van der Waals surface area contributed by atoms with Crippen LogP contribution in [-0.2, 0) is 4.43 Å². The summed E-state index contributed by atoms with van der Waals surface area (Å²) in [5.74, 6) is 0. The molecule has 0 heterocycles. The summed E-state index contributed by atoms with van der Waals surface area (Å²) in [6, 6.07) is 21.5. The van der Waals surface area contributed by atoms with Gasteiger partial charge in [-0.25, -0.2) is 0 Å². The SMILES string of the molecule is CC(C)(C)[Si](OC(CBr)CBr)(c1ccccc1)c1ccccc1. The lowest BCUT2D eigenvalue weighted by atomic mass is 10.2. The first-order chi connectivity index (χ1) is 11.0. The predicted molar refractivity (Wildman–Crippen MR) is 110 cm³/mol. The molecule has 0 saturated heterocycles. The standard InChI is InChI=1S/C19H24Br2OSi/c1-19(2,3)23(22-16(14-20)15-21,17-10-6-4-7-11-17)18-12-8-5-9-13-18/h4-13,16H,14-15H2,1-3H3. The first kappa shape index (κ1) is 18.9. The Hall–Kier alpha value is -0.423. The van der Waals surface area contributed by atoms with Crippen molar-refractivity contribution >= 4 is 50.6 Å². The first-order valence-corrected chi connectivity index (χ1v) is 12.0. The van der Waals surface area contributed by atoms with E-state index in [-0.39, 0.29) is 11.1 Å². The molecule has 0 radical (unpaired) electrons. The van der Waals surface area contributed by atoms with Gasteiger partial charge in [0, 0.05) is 10.7 Å². The van der Waals surface area contributed by atoms with E-state index in [1.807, 2.05) is 0 Å². The van der Waals surface area contributed by atoms with Crippen LogP contribution < -0.4 is 10.4 Å². The average Bonchev–Trinajstić information content (AvgIpc) is 2.57. The zero-order chi connectivity index (χ0) is 16.9. The number of alkyl halides is 2. The van der Waals surface area contributed by atoms with Crippen molar-refractivity contribution in [1.29, 1.82) is 0 Å². The van der Waals surface area contributed by atoms with Crippen molar-refractivity contribution in [2.24, 2.45) is 0 Å². The van der Waals surface area contributed by atoms with Crippen molar-refractivity contribution in [3.63, 3.8) is 0 Å². The van der Waals surface area contributed by atoms with Gasteiger partial charge < -0.3 is 4.43 Å².